The van der Waals surface area contributed by atoms with Gasteiger partial charge in [0.25, 0.3) is 0 Å². The maximum Gasteiger partial charge on any atom is 0.160 e. The van der Waals surface area contributed by atoms with E-state index in [0.717, 1.165) is 11.1 Å². The van der Waals surface area contributed by atoms with Crippen molar-refractivity contribution < 1.29 is 9.18 Å². The van der Waals surface area contributed by atoms with E-state index in [4.69, 9.17) is 0 Å². The zero-order chi connectivity index (χ0) is 12.4. The quantitative estimate of drug-likeness (QED) is 0.710. The Bertz CT molecular complexity index is 573. The molecule has 0 N–H and O–H groups in total. The molecule has 2 aromatic carbocycles. The Hall–Kier alpha value is -1.96. The Morgan fingerprint density at radius 2 is 1.76 bits per heavy atom. The Morgan fingerprint density at radius 1 is 1.06 bits per heavy atom. The number of hydrogen-bond donors (Lipinski definition) is 0. The van der Waals surface area contributed by atoms with Crippen molar-refractivity contribution in [2.45, 2.75) is 13.8 Å². The molecule has 0 fully saturated rings. The van der Waals surface area contributed by atoms with Gasteiger partial charge in [0.2, 0.25) is 0 Å². The summed E-state index contributed by atoms with van der Waals surface area (Å²) in [5.41, 5.74) is 3.15. The standard InChI is InChI=1S/C15H13FO/c1-10-5-3-4-6-13(10)15-9-12(16)7-8-14(15)11(2)17/h3-9H,1-2H3. The summed E-state index contributed by atoms with van der Waals surface area (Å²) in [6, 6.07) is 11.9. The molecular weight excluding hydrogens is 215 g/mol. The second-order valence-electron chi connectivity index (χ2n) is 4.06. The summed E-state index contributed by atoms with van der Waals surface area (Å²) in [4.78, 5) is 11.5. The van der Waals surface area contributed by atoms with Gasteiger partial charge in [0.1, 0.15) is 5.82 Å². The van der Waals surface area contributed by atoms with Crippen LogP contribution in [-0.4, -0.2) is 5.78 Å². The van der Waals surface area contributed by atoms with E-state index in [9.17, 15) is 9.18 Å². The van der Waals surface area contributed by atoms with E-state index in [1.807, 2.05) is 31.2 Å². The van der Waals surface area contributed by atoms with Gasteiger partial charge in [0.15, 0.2) is 5.78 Å². The van der Waals surface area contributed by atoms with Gasteiger partial charge in [-0.1, -0.05) is 24.3 Å². The van der Waals surface area contributed by atoms with Gasteiger partial charge >= 0.3 is 0 Å². The van der Waals surface area contributed by atoms with E-state index in [0.29, 0.717) is 11.1 Å². The Morgan fingerprint density at radius 3 is 2.41 bits per heavy atom. The molecule has 0 bridgehead atoms. The number of Topliss-reactive ketones (excluding diaryl/α,β-unsaturated/α-hetero) is 1. The van der Waals surface area contributed by atoms with E-state index in [-0.39, 0.29) is 11.6 Å². The summed E-state index contributed by atoms with van der Waals surface area (Å²) < 4.78 is 13.3. The summed E-state index contributed by atoms with van der Waals surface area (Å²) in [5.74, 6) is -0.378. The minimum atomic E-state index is -0.326. The first-order chi connectivity index (χ1) is 8.09. The van der Waals surface area contributed by atoms with Crippen LogP contribution in [0.15, 0.2) is 42.5 Å². The van der Waals surface area contributed by atoms with Gasteiger partial charge in [0.05, 0.1) is 0 Å². The monoisotopic (exact) mass is 228 g/mol. The second kappa shape index (κ2) is 4.50. The van der Waals surface area contributed by atoms with Crippen molar-refractivity contribution in [3.63, 3.8) is 0 Å². The highest BCUT2D eigenvalue weighted by Crippen LogP contribution is 2.27. The number of rotatable bonds is 2. The fraction of sp³-hybridized carbons (Fsp3) is 0.133. The third-order valence-corrected chi connectivity index (χ3v) is 2.80. The molecule has 0 aliphatic carbocycles. The summed E-state index contributed by atoms with van der Waals surface area (Å²) in [5, 5.41) is 0. The molecular formula is C15H13FO. The Labute approximate surface area is 99.9 Å². The van der Waals surface area contributed by atoms with Crippen LogP contribution in [-0.2, 0) is 0 Å². The van der Waals surface area contributed by atoms with Crippen LogP contribution in [0.5, 0.6) is 0 Å². The van der Waals surface area contributed by atoms with Gasteiger partial charge in [-0.05, 0) is 48.7 Å². The lowest BCUT2D eigenvalue weighted by Crippen LogP contribution is -1.98. The van der Waals surface area contributed by atoms with Crippen LogP contribution in [0, 0.1) is 12.7 Å². The van der Waals surface area contributed by atoms with E-state index in [2.05, 4.69) is 0 Å². The molecule has 0 aliphatic rings. The number of hydrogen-bond acceptors (Lipinski definition) is 1. The molecule has 0 aliphatic heterocycles. The predicted molar refractivity (Wildman–Crippen MR) is 66.6 cm³/mol. The first kappa shape index (κ1) is 11.5. The molecule has 0 unspecified atom stereocenters. The Balaban J connectivity index is 2.70. The highest BCUT2D eigenvalue weighted by Gasteiger charge is 2.11. The van der Waals surface area contributed by atoms with Crippen molar-refractivity contribution in [1.82, 2.24) is 0 Å². The Kier molecular flexibility index (Phi) is 3.05. The molecule has 1 nitrogen and oxygen atoms in total. The summed E-state index contributed by atoms with van der Waals surface area (Å²) >= 11 is 0. The number of carbonyl (C=O) groups is 1. The SMILES string of the molecule is CC(=O)c1ccc(F)cc1-c1ccccc1C. The van der Waals surface area contributed by atoms with E-state index in [1.54, 1.807) is 6.07 Å². The minimum Gasteiger partial charge on any atom is -0.294 e. The number of benzene rings is 2. The van der Waals surface area contributed by atoms with E-state index in [1.165, 1.54) is 19.1 Å². The number of aryl methyl sites for hydroxylation is 1. The number of ketones is 1. The maximum atomic E-state index is 13.3. The summed E-state index contributed by atoms with van der Waals surface area (Å²) in [7, 11) is 0. The molecule has 2 aromatic rings. The molecule has 0 aromatic heterocycles. The van der Waals surface area contributed by atoms with E-state index < -0.39 is 0 Å². The first-order valence-electron chi connectivity index (χ1n) is 5.46. The fourth-order valence-corrected chi connectivity index (χ4v) is 1.92. The average molecular weight is 228 g/mol. The molecule has 0 amide bonds. The first-order valence-corrected chi connectivity index (χ1v) is 5.46. The molecule has 2 heteroatoms. The van der Waals surface area contributed by atoms with Crippen molar-refractivity contribution in [3.8, 4) is 11.1 Å². The maximum absolute atomic E-state index is 13.3. The zero-order valence-electron chi connectivity index (χ0n) is 9.83. The lowest BCUT2D eigenvalue weighted by atomic mass is 9.94. The van der Waals surface area contributed by atoms with Gasteiger partial charge < -0.3 is 0 Å². The van der Waals surface area contributed by atoms with Gasteiger partial charge in [-0.25, -0.2) is 4.39 Å². The molecule has 0 atom stereocenters. The van der Waals surface area contributed by atoms with Crippen LogP contribution in [0.25, 0.3) is 11.1 Å². The third-order valence-electron chi connectivity index (χ3n) is 2.80. The molecule has 0 saturated carbocycles. The van der Waals surface area contributed by atoms with Gasteiger partial charge in [-0.3, -0.25) is 4.79 Å². The zero-order valence-corrected chi connectivity index (χ0v) is 9.83. The second-order valence-corrected chi connectivity index (χ2v) is 4.06. The molecule has 0 heterocycles. The van der Waals surface area contributed by atoms with Crippen molar-refractivity contribution in [2.24, 2.45) is 0 Å². The van der Waals surface area contributed by atoms with Crippen molar-refractivity contribution in [1.29, 1.82) is 0 Å². The number of carbonyl (C=O) groups excluding carboxylic acids is 1. The predicted octanol–water partition coefficient (Wildman–Crippen LogP) is 4.00. The molecule has 17 heavy (non-hydrogen) atoms. The molecule has 0 radical (unpaired) electrons. The van der Waals surface area contributed by atoms with Gasteiger partial charge in [-0.2, -0.15) is 0 Å². The van der Waals surface area contributed by atoms with Crippen LogP contribution in [0.4, 0.5) is 4.39 Å². The van der Waals surface area contributed by atoms with Crippen LogP contribution in [0.2, 0.25) is 0 Å². The number of halogens is 1. The third kappa shape index (κ3) is 2.26. The van der Waals surface area contributed by atoms with E-state index >= 15 is 0 Å². The van der Waals surface area contributed by atoms with Crippen LogP contribution < -0.4 is 0 Å². The normalized spacial score (nSPS) is 10.3. The molecule has 0 saturated heterocycles. The molecule has 86 valence electrons. The van der Waals surface area contributed by atoms with Crippen LogP contribution >= 0.6 is 0 Å². The summed E-state index contributed by atoms with van der Waals surface area (Å²) in [6.07, 6.45) is 0. The molecule has 2 rings (SSSR count). The average Bonchev–Trinajstić information content (AvgIpc) is 2.29. The van der Waals surface area contributed by atoms with Crippen LogP contribution in [0.3, 0.4) is 0 Å². The fourth-order valence-electron chi connectivity index (χ4n) is 1.92. The van der Waals surface area contributed by atoms with Crippen molar-refractivity contribution in [3.05, 3.63) is 59.4 Å². The largest absolute Gasteiger partial charge is 0.294 e. The lowest BCUT2D eigenvalue weighted by molar-refractivity contribution is 0.101. The molecule has 0 spiro atoms. The van der Waals surface area contributed by atoms with Gasteiger partial charge in [0, 0.05) is 5.56 Å². The highest BCUT2D eigenvalue weighted by atomic mass is 19.1. The van der Waals surface area contributed by atoms with Crippen molar-refractivity contribution in [2.75, 3.05) is 0 Å². The summed E-state index contributed by atoms with van der Waals surface area (Å²) in [6.45, 7) is 3.44. The minimum absolute atomic E-state index is 0.0525. The lowest BCUT2D eigenvalue weighted by Gasteiger charge is -2.10. The topological polar surface area (TPSA) is 17.1 Å². The van der Waals surface area contributed by atoms with Crippen molar-refractivity contribution >= 4 is 5.78 Å². The highest BCUT2D eigenvalue weighted by molar-refractivity contribution is 6.01. The smallest absolute Gasteiger partial charge is 0.160 e. The van der Waals surface area contributed by atoms with Crippen LogP contribution in [0.1, 0.15) is 22.8 Å². The van der Waals surface area contributed by atoms with Gasteiger partial charge in [-0.15, -0.1) is 0 Å².